The summed E-state index contributed by atoms with van der Waals surface area (Å²) in [5.74, 6) is 0. The summed E-state index contributed by atoms with van der Waals surface area (Å²) in [4.78, 5) is 9.15. The van der Waals surface area contributed by atoms with Crippen molar-refractivity contribution < 1.29 is 0 Å². The fraction of sp³-hybridized carbons (Fsp3) is 0.208. The zero-order valence-electron chi connectivity index (χ0n) is 16.1. The molecule has 0 saturated carbocycles. The zero-order chi connectivity index (χ0) is 18.8. The molecule has 0 spiro atoms. The van der Waals surface area contributed by atoms with Crippen molar-refractivity contribution in [2.45, 2.75) is 26.9 Å². The Morgan fingerprint density at radius 1 is 0.778 bits per heavy atom. The molecule has 2 aromatic carbocycles. The molecule has 3 nitrogen and oxygen atoms in total. The smallest absolute Gasteiger partial charge is 0.133 e. The van der Waals surface area contributed by atoms with Gasteiger partial charge in [0, 0.05) is 36.0 Å². The second-order valence-corrected chi connectivity index (χ2v) is 7.19. The van der Waals surface area contributed by atoms with E-state index in [1.165, 1.54) is 33.8 Å². The fourth-order valence-electron chi connectivity index (χ4n) is 3.74. The molecule has 0 N–H and O–H groups in total. The quantitative estimate of drug-likeness (QED) is 0.600. The summed E-state index contributed by atoms with van der Waals surface area (Å²) in [5.41, 5.74) is 7.64. The van der Waals surface area contributed by atoms with Crippen LogP contribution in [0.1, 0.15) is 31.1 Å². The number of hydrogen-bond acceptors (Lipinski definition) is 3. The number of aromatic nitrogens is 1. The van der Waals surface area contributed by atoms with Gasteiger partial charge in [-0.05, 0) is 68.3 Å². The van der Waals surface area contributed by atoms with Crippen LogP contribution in [0, 0.1) is 6.92 Å². The number of hydrogen-bond donors (Lipinski definition) is 0. The van der Waals surface area contributed by atoms with Gasteiger partial charge >= 0.3 is 0 Å². The maximum atomic E-state index is 4.23. The molecule has 1 aliphatic heterocycles. The largest absolute Gasteiger partial charge is 0.343 e. The minimum atomic E-state index is 0.0850. The summed E-state index contributed by atoms with van der Waals surface area (Å²) in [5, 5.41) is 0. The van der Waals surface area contributed by atoms with E-state index in [1.54, 1.807) is 0 Å². The predicted molar refractivity (Wildman–Crippen MR) is 113 cm³/mol. The first kappa shape index (κ1) is 17.3. The van der Waals surface area contributed by atoms with E-state index in [0.29, 0.717) is 0 Å². The summed E-state index contributed by atoms with van der Waals surface area (Å²) in [7, 11) is 0. The molecule has 1 aliphatic rings. The SMILES string of the molecule is CC1=C(C)N(c2ccc(C)cc2)C(c2ccncc2)N(c2ccccc2)C1. The van der Waals surface area contributed by atoms with Gasteiger partial charge in [0.05, 0.1) is 0 Å². The number of pyridine rings is 1. The molecule has 3 aromatic rings. The molecule has 27 heavy (non-hydrogen) atoms. The molecule has 0 saturated heterocycles. The molecule has 2 heterocycles. The van der Waals surface area contributed by atoms with Gasteiger partial charge in [-0.15, -0.1) is 0 Å². The van der Waals surface area contributed by atoms with Crippen molar-refractivity contribution in [3.63, 3.8) is 0 Å². The summed E-state index contributed by atoms with van der Waals surface area (Å²) in [6.45, 7) is 7.50. The third-order valence-electron chi connectivity index (χ3n) is 5.33. The van der Waals surface area contributed by atoms with E-state index in [1.807, 2.05) is 12.4 Å². The number of benzene rings is 2. The number of nitrogens with zero attached hydrogens (tertiary/aromatic N) is 3. The maximum absolute atomic E-state index is 4.23. The normalized spacial score (nSPS) is 17.4. The molecule has 1 unspecified atom stereocenters. The summed E-state index contributed by atoms with van der Waals surface area (Å²) in [6.07, 6.45) is 3.85. The molecule has 0 aliphatic carbocycles. The summed E-state index contributed by atoms with van der Waals surface area (Å²) < 4.78 is 0. The van der Waals surface area contributed by atoms with Crippen molar-refractivity contribution in [1.82, 2.24) is 4.98 Å². The minimum absolute atomic E-state index is 0.0850. The van der Waals surface area contributed by atoms with Gasteiger partial charge in [0.25, 0.3) is 0 Å². The lowest BCUT2D eigenvalue weighted by Gasteiger charge is -2.47. The van der Waals surface area contributed by atoms with Crippen LogP contribution in [-0.2, 0) is 0 Å². The van der Waals surface area contributed by atoms with Crippen molar-refractivity contribution in [3.8, 4) is 0 Å². The van der Waals surface area contributed by atoms with E-state index in [0.717, 1.165) is 6.54 Å². The lowest BCUT2D eigenvalue weighted by Crippen LogP contribution is -2.46. The van der Waals surface area contributed by atoms with Crippen molar-refractivity contribution in [2.75, 3.05) is 16.3 Å². The Kier molecular flexibility index (Phi) is 4.68. The molecule has 0 fully saturated rings. The molecular formula is C24H25N3. The van der Waals surface area contributed by atoms with E-state index >= 15 is 0 Å². The van der Waals surface area contributed by atoms with Crippen LogP contribution < -0.4 is 9.80 Å². The topological polar surface area (TPSA) is 19.4 Å². The van der Waals surface area contributed by atoms with Gasteiger partial charge in [-0.25, -0.2) is 0 Å². The maximum Gasteiger partial charge on any atom is 0.133 e. The zero-order valence-corrected chi connectivity index (χ0v) is 16.1. The number of rotatable bonds is 3. The van der Waals surface area contributed by atoms with Gasteiger partial charge in [-0.1, -0.05) is 35.9 Å². The van der Waals surface area contributed by atoms with Crippen molar-refractivity contribution in [2.24, 2.45) is 0 Å². The Morgan fingerprint density at radius 2 is 1.44 bits per heavy atom. The van der Waals surface area contributed by atoms with Crippen LogP contribution in [0.5, 0.6) is 0 Å². The Morgan fingerprint density at radius 3 is 2.11 bits per heavy atom. The monoisotopic (exact) mass is 355 g/mol. The third kappa shape index (κ3) is 3.33. The average molecular weight is 355 g/mol. The molecule has 0 bridgehead atoms. The van der Waals surface area contributed by atoms with Crippen LogP contribution in [0.4, 0.5) is 11.4 Å². The number of aryl methyl sites for hydroxylation is 1. The van der Waals surface area contributed by atoms with Crippen LogP contribution in [0.25, 0.3) is 0 Å². The van der Waals surface area contributed by atoms with Crippen LogP contribution in [0.2, 0.25) is 0 Å². The lowest BCUT2D eigenvalue weighted by atomic mass is 10.0. The molecule has 0 radical (unpaired) electrons. The van der Waals surface area contributed by atoms with E-state index in [9.17, 15) is 0 Å². The summed E-state index contributed by atoms with van der Waals surface area (Å²) in [6, 6.07) is 23.7. The highest BCUT2D eigenvalue weighted by Gasteiger charge is 2.33. The molecular weight excluding hydrogens is 330 g/mol. The first-order chi connectivity index (χ1) is 13.1. The molecule has 0 amide bonds. The highest BCUT2D eigenvalue weighted by Crippen LogP contribution is 2.40. The van der Waals surface area contributed by atoms with Gasteiger partial charge in [-0.2, -0.15) is 0 Å². The van der Waals surface area contributed by atoms with E-state index < -0.39 is 0 Å². The van der Waals surface area contributed by atoms with Crippen LogP contribution in [0.3, 0.4) is 0 Å². The molecule has 4 rings (SSSR count). The van der Waals surface area contributed by atoms with Gasteiger partial charge in [0.15, 0.2) is 0 Å². The predicted octanol–water partition coefficient (Wildman–Crippen LogP) is 5.71. The first-order valence-corrected chi connectivity index (χ1v) is 9.39. The van der Waals surface area contributed by atoms with Crippen molar-refractivity contribution in [1.29, 1.82) is 0 Å². The number of allylic oxidation sites excluding steroid dienone is 1. The van der Waals surface area contributed by atoms with E-state index in [-0.39, 0.29) is 6.17 Å². The summed E-state index contributed by atoms with van der Waals surface area (Å²) >= 11 is 0. The van der Waals surface area contributed by atoms with Crippen LogP contribution >= 0.6 is 0 Å². The van der Waals surface area contributed by atoms with Gasteiger partial charge < -0.3 is 9.80 Å². The molecule has 3 heteroatoms. The molecule has 1 aromatic heterocycles. The molecule has 136 valence electrons. The highest BCUT2D eigenvalue weighted by molar-refractivity contribution is 5.63. The Labute approximate surface area is 161 Å². The highest BCUT2D eigenvalue weighted by atomic mass is 15.4. The van der Waals surface area contributed by atoms with Crippen LogP contribution in [0.15, 0.2) is 90.4 Å². The van der Waals surface area contributed by atoms with Gasteiger partial charge in [0.2, 0.25) is 0 Å². The van der Waals surface area contributed by atoms with Gasteiger partial charge in [-0.3, -0.25) is 4.98 Å². The van der Waals surface area contributed by atoms with Crippen LogP contribution in [-0.4, -0.2) is 11.5 Å². The number of anilines is 2. The van der Waals surface area contributed by atoms with Crippen molar-refractivity contribution >= 4 is 11.4 Å². The minimum Gasteiger partial charge on any atom is -0.343 e. The molecule has 1 atom stereocenters. The standard InChI is InChI=1S/C24H25N3/c1-18-9-11-23(12-10-18)27-20(3)19(2)17-26(22-7-5-4-6-8-22)24(27)21-13-15-25-16-14-21/h4-16,24H,17H2,1-3H3. The van der Waals surface area contributed by atoms with E-state index in [2.05, 4.69) is 102 Å². The fourth-order valence-corrected chi connectivity index (χ4v) is 3.74. The van der Waals surface area contributed by atoms with Gasteiger partial charge in [0.1, 0.15) is 6.17 Å². The Bertz CT molecular complexity index is 930. The average Bonchev–Trinajstić information content (AvgIpc) is 2.72. The lowest BCUT2D eigenvalue weighted by molar-refractivity contribution is 0.594. The second-order valence-electron chi connectivity index (χ2n) is 7.19. The third-order valence-corrected chi connectivity index (χ3v) is 5.33. The Balaban J connectivity index is 1.90. The van der Waals surface area contributed by atoms with Crippen molar-refractivity contribution in [3.05, 3.63) is 102 Å². The first-order valence-electron chi connectivity index (χ1n) is 9.39. The second kappa shape index (κ2) is 7.28. The Hall–Kier alpha value is -3.07. The van der Waals surface area contributed by atoms with E-state index in [4.69, 9.17) is 0 Å². The number of para-hydroxylation sites is 1.